The molecule has 3 atom stereocenters. The van der Waals surface area contributed by atoms with Crippen molar-refractivity contribution >= 4 is 11.8 Å². The first kappa shape index (κ1) is 18.6. The summed E-state index contributed by atoms with van der Waals surface area (Å²) in [5, 5.41) is 5.86. The number of nitrogens with one attached hydrogen (secondary N) is 2. The molecule has 6 heteroatoms. The van der Waals surface area contributed by atoms with Crippen LogP contribution in [0.2, 0.25) is 0 Å². The predicted molar refractivity (Wildman–Crippen MR) is 102 cm³/mol. The molecule has 2 aromatic carbocycles. The maximum atomic E-state index is 13.3. The number of hydrogen-bond acceptors (Lipinski definition) is 3. The molecule has 0 aromatic heterocycles. The minimum absolute atomic E-state index is 0.0294. The van der Waals surface area contributed by atoms with Crippen molar-refractivity contribution in [2.75, 3.05) is 7.11 Å². The van der Waals surface area contributed by atoms with Gasteiger partial charge in [-0.05, 0) is 48.1 Å². The third-order valence-electron chi connectivity index (χ3n) is 5.45. The molecule has 0 bridgehead atoms. The van der Waals surface area contributed by atoms with Crippen LogP contribution in [0, 0.1) is 11.7 Å². The van der Waals surface area contributed by atoms with Gasteiger partial charge in [0.15, 0.2) is 0 Å². The van der Waals surface area contributed by atoms with Crippen molar-refractivity contribution in [1.82, 2.24) is 10.6 Å². The van der Waals surface area contributed by atoms with E-state index in [1.54, 1.807) is 7.11 Å². The third-order valence-corrected chi connectivity index (χ3v) is 5.45. The molecule has 0 aliphatic heterocycles. The highest BCUT2D eigenvalue weighted by Gasteiger charge is 2.37. The van der Waals surface area contributed by atoms with Gasteiger partial charge in [-0.2, -0.15) is 0 Å². The molecule has 2 N–H and O–H groups in total. The van der Waals surface area contributed by atoms with Crippen LogP contribution in [0.4, 0.5) is 4.39 Å². The third kappa shape index (κ3) is 3.78. The Morgan fingerprint density at radius 2 is 1.82 bits per heavy atom. The molecule has 5 nitrogen and oxygen atoms in total. The Kier molecular flexibility index (Phi) is 5.13. The number of ether oxygens (including phenoxy) is 1. The number of rotatable bonds is 6. The quantitative estimate of drug-likeness (QED) is 0.807. The number of benzene rings is 2. The van der Waals surface area contributed by atoms with Crippen molar-refractivity contribution in [1.29, 1.82) is 0 Å². The molecule has 0 radical (unpaired) electrons. The van der Waals surface area contributed by atoms with Crippen molar-refractivity contribution in [2.45, 2.75) is 37.5 Å². The topological polar surface area (TPSA) is 67.4 Å². The number of hydrogen-bond donors (Lipinski definition) is 2. The second-order valence-electron chi connectivity index (χ2n) is 7.44. The minimum atomic E-state index is -0.866. The van der Waals surface area contributed by atoms with Gasteiger partial charge >= 0.3 is 0 Å². The zero-order valence-electron chi connectivity index (χ0n) is 15.7. The molecule has 2 amide bonds. The van der Waals surface area contributed by atoms with Crippen molar-refractivity contribution in [3.05, 3.63) is 71.0 Å². The van der Waals surface area contributed by atoms with E-state index in [9.17, 15) is 14.0 Å². The van der Waals surface area contributed by atoms with Crippen LogP contribution in [0.3, 0.4) is 0 Å². The molecule has 2 aliphatic rings. The summed E-state index contributed by atoms with van der Waals surface area (Å²) in [6.45, 7) is 0. The van der Waals surface area contributed by atoms with Gasteiger partial charge in [0.1, 0.15) is 18.0 Å². The van der Waals surface area contributed by atoms with Gasteiger partial charge in [-0.25, -0.2) is 4.39 Å². The summed E-state index contributed by atoms with van der Waals surface area (Å²) >= 11 is 0. The number of halogens is 1. The maximum absolute atomic E-state index is 13.3. The van der Waals surface area contributed by atoms with Crippen molar-refractivity contribution in [3.63, 3.8) is 0 Å². The summed E-state index contributed by atoms with van der Waals surface area (Å²) < 4.78 is 19.0. The second-order valence-corrected chi connectivity index (χ2v) is 7.44. The van der Waals surface area contributed by atoms with Gasteiger partial charge in [0.05, 0.1) is 6.04 Å². The molecular weight excluding hydrogens is 359 g/mol. The first-order valence-electron chi connectivity index (χ1n) is 9.53. The van der Waals surface area contributed by atoms with E-state index < -0.39 is 6.04 Å². The summed E-state index contributed by atoms with van der Waals surface area (Å²) in [5.74, 6) is -0.872. The Balaban J connectivity index is 1.53. The van der Waals surface area contributed by atoms with Gasteiger partial charge in [-0.3, -0.25) is 9.59 Å². The number of fused-ring (bicyclic) bond motifs is 1. The van der Waals surface area contributed by atoms with Crippen LogP contribution in [0.5, 0.6) is 0 Å². The highest BCUT2D eigenvalue weighted by Crippen LogP contribution is 2.34. The lowest BCUT2D eigenvalue weighted by Crippen LogP contribution is -2.46. The van der Waals surface area contributed by atoms with Gasteiger partial charge < -0.3 is 15.4 Å². The highest BCUT2D eigenvalue weighted by molar-refractivity contribution is 5.90. The van der Waals surface area contributed by atoms with E-state index in [1.165, 1.54) is 24.3 Å². The Labute approximate surface area is 163 Å². The lowest BCUT2D eigenvalue weighted by atomic mass is 10.0. The fourth-order valence-corrected chi connectivity index (χ4v) is 3.80. The Hall–Kier alpha value is -2.73. The van der Waals surface area contributed by atoms with Gasteiger partial charge in [0.25, 0.3) is 0 Å². The fourth-order valence-electron chi connectivity index (χ4n) is 3.80. The van der Waals surface area contributed by atoms with Gasteiger partial charge in [-0.15, -0.1) is 0 Å². The molecule has 0 saturated heterocycles. The highest BCUT2D eigenvalue weighted by atomic mass is 19.1. The van der Waals surface area contributed by atoms with Crippen LogP contribution in [0.25, 0.3) is 0 Å². The smallest absolute Gasteiger partial charge is 0.247 e. The Morgan fingerprint density at radius 1 is 1.11 bits per heavy atom. The molecule has 0 spiro atoms. The lowest BCUT2D eigenvalue weighted by molar-refractivity contribution is -0.130. The monoisotopic (exact) mass is 382 g/mol. The van der Waals surface area contributed by atoms with Gasteiger partial charge in [0.2, 0.25) is 11.8 Å². The Morgan fingerprint density at radius 3 is 2.50 bits per heavy atom. The van der Waals surface area contributed by atoms with Crippen LogP contribution < -0.4 is 10.6 Å². The molecule has 4 rings (SSSR count). The Bertz CT molecular complexity index is 880. The normalized spacial score (nSPS) is 21.6. The molecule has 146 valence electrons. The molecule has 2 unspecified atom stereocenters. The van der Waals surface area contributed by atoms with Crippen LogP contribution in [-0.4, -0.2) is 25.0 Å². The van der Waals surface area contributed by atoms with Gasteiger partial charge in [-0.1, -0.05) is 36.4 Å². The van der Waals surface area contributed by atoms with Crippen LogP contribution in [0.1, 0.15) is 41.7 Å². The second kappa shape index (κ2) is 7.72. The van der Waals surface area contributed by atoms with Crippen LogP contribution in [0.15, 0.2) is 48.5 Å². The van der Waals surface area contributed by atoms with E-state index in [4.69, 9.17) is 4.74 Å². The average Bonchev–Trinajstić information content (AvgIpc) is 3.48. The molecule has 2 aliphatic carbocycles. The van der Waals surface area contributed by atoms with E-state index >= 15 is 0 Å². The van der Waals surface area contributed by atoms with Crippen molar-refractivity contribution in [3.8, 4) is 0 Å². The number of carbonyl (C=O) groups excluding carboxylic acids is 2. The molecular formula is C22H23FN2O3. The largest absolute Gasteiger partial charge is 0.375 e. The zero-order chi connectivity index (χ0) is 19.7. The molecule has 1 fully saturated rings. The SMILES string of the molecule is COC1c2ccccc2CC1NC(=O)[C@H](NC(=O)C1CC1)c1ccc(F)cc1. The average molecular weight is 382 g/mol. The number of carbonyl (C=O) groups is 2. The van der Waals surface area contributed by atoms with E-state index in [2.05, 4.69) is 10.6 Å². The van der Waals surface area contributed by atoms with E-state index in [0.29, 0.717) is 12.0 Å². The number of amides is 2. The summed E-state index contributed by atoms with van der Waals surface area (Å²) in [6.07, 6.45) is 2.10. The van der Waals surface area contributed by atoms with Gasteiger partial charge in [0, 0.05) is 13.0 Å². The fraction of sp³-hybridized carbons (Fsp3) is 0.364. The van der Waals surface area contributed by atoms with E-state index in [1.807, 2.05) is 24.3 Å². The van der Waals surface area contributed by atoms with Crippen LogP contribution >= 0.6 is 0 Å². The summed E-state index contributed by atoms with van der Waals surface area (Å²) in [5.41, 5.74) is 2.76. The number of methoxy groups -OCH3 is 1. The molecule has 2 aromatic rings. The first-order chi connectivity index (χ1) is 13.6. The lowest BCUT2D eigenvalue weighted by Gasteiger charge is -2.25. The summed E-state index contributed by atoms with van der Waals surface area (Å²) in [7, 11) is 1.62. The standard InChI is InChI=1S/C22H23FN2O3/c1-28-20-17-5-3-2-4-15(17)12-18(20)24-22(27)19(25-21(26)14-6-7-14)13-8-10-16(23)11-9-13/h2-5,8-11,14,18-20H,6-7,12H2,1H3,(H,24,27)(H,25,26)/t18?,19-,20?/m1/s1. The predicted octanol–water partition coefficient (Wildman–Crippen LogP) is 2.82. The van der Waals surface area contributed by atoms with Crippen LogP contribution in [-0.2, 0) is 20.7 Å². The summed E-state index contributed by atoms with van der Waals surface area (Å²) in [6, 6.07) is 12.5. The molecule has 28 heavy (non-hydrogen) atoms. The zero-order valence-corrected chi connectivity index (χ0v) is 15.7. The van der Waals surface area contributed by atoms with Crippen molar-refractivity contribution in [2.24, 2.45) is 5.92 Å². The van der Waals surface area contributed by atoms with E-state index in [0.717, 1.165) is 24.0 Å². The molecule has 1 saturated carbocycles. The van der Waals surface area contributed by atoms with Crippen molar-refractivity contribution < 1.29 is 18.7 Å². The maximum Gasteiger partial charge on any atom is 0.247 e. The molecule has 0 heterocycles. The van der Waals surface area contributed by atoms with E-state index in [-0.39, 0.29) is 35.7 Å². The minimum Gasteiger partial charge on any atom is -0.375 e. The first-order valence-corrected chi connectivity index (χ1v) is 9.53. The summed E-state index contributed by atoms with van der Waals surface area (Å²) in [4.78, 5) is 25.4.